The maximum absolute atomic E-state index is 12.7. The molecule has 0 aliphatic rings. The molecule has 0 saturated heterocycles. The van der Waals surface area contributed by atoms with Crippen LogP contribution in [0.1, 0.15) is 18.4 Å². The summed E-state index contributed by atoms with van der Waals surface area (Å²) in [5.74, 6) is -3.42. The van der Waals surface area contributed by atoms with E-state index in [0.717, 1.165) is 3.57 Å². The van der Waals surface area contributed by atoms with E-state index in [0.29, 0.717) is 18.1 Å². The van der Waals surface area contributed by atoms with Crippen LogP contribution < -0.4 is 5.32 Å². The number of halogens is 5. The number of aromatic nitrogens is 2. The van der Waals surface area contributed by atoms with Gasteiger partial charge in [-0.25, -0.2) is 18.7 Å². The summed E-state index contributed by atoms with van der Waals surface area (Å²) in [6.07, 6.45) is -3.75. The number of nitrogens with one attached hydrogen (secondary N) is 1. The van der Waals surface area contributed by atoms with E-state index in [9.17, 15) is 17.6 Å². The van der Waals surface area contributed by atoms with E-state index in [2.05, 4.69) is 42.6 Å². The Morgan fingerprint density at radius 2 is 2.00 bits per heavy atom. The summed E-state index contributed by atoms with van der Waals surface area (Å²) in [7, 11) is 0. The molecule has 1 rings (SSSR count). The Labute approximate surface area is 127 Å². The molecule has 20 heavy (non-hydrogen) atoms. The average Bonchev–Trinajstić information content (AvgIpc) is 2.35. The normalized spacial score (nSPS) is 12.0. The lowest BCUT2D eigenvalue weighted by Gasteiger charge is -2.15. The Bertz CT molecular complexity index is 460. The third-order valence-electron chi connectivity index (χ3n) is 2.25. The molecule has 1 aromatic heterocycles. The first-order valence-corrected chi connectivity index (χ1v) is 6.86. The first-order chi connectivity index (χ1) is 9.27. The number of rotatable bonds is 7. The second kappa shape index (κ2) is 7.34. The summed E-state index contributed by atoms with van der Waals surface area (Å²) >= 11 is 2.06. The van der Waals surface area contributed by atoms with Crippen LogP contribution in [0.4, 0.5) is 23.4 Å². The molecule has 1 heterocycles. The fraction of sp³-hybridized carbons (Fsp3) is 0.636. The molecule has 1 aromatic rings. The molecule has 9 heteroatoms. The van der Waals surface area contributed by atoms with E-state index < -0.39 is 19.0 Å². The van der Waals surface area contributed by atoms with E-state index in [-0.39, 0.29) is 12.4 Å². The Kier molecular flexibility index (Phi) is 6.37. The first kappa shape index (κ1) is 17.3. The van der Waals surface area contributed by atoms with Crippen molar-refractivity contribution in [2.24, 2.45) is 0 Å². The minimum atomic E-state index is -4.16. The summed E-state index contributed by atoms with van der Waals surface area (Å²) < 4.78 is 54.6. The van der Waals surface area contributed by atoms with Gasteiger partial charge in [-0.05, 0) is 36.4 Å². The number of hydrogen-bond acceptors (Lipinski definition) is 4. The smallest absolute Gasteiger partial charge is 0.330 e. The molecule has 1 N–H and O–H groups in total. The predicted octanol–water partition coefficient (Wildman–Crippen LogP) is 3.24. The molecule has 114 valence electrons. The maximum atomic E-state index is 12.7. The molecule has 0 radical (unpaired) electrons. The van der Waals surface area contributed by atoms with Crippen molar-refractivity contribution < 1.29 is 22.3 Å². The van der Waals surface area contributed by atoms with Crippen molar-refractivity contribution in [3.8, 4) is 0 Å². The second-order valence-corrected chi connectivity index (χ2v) is 5.05. The highest BCUT2D eigenvalue weighted by atomic mass is 127. The molecule has 0 spiro atoms. The van der Waals surface area contributed by atoms with Crippen LogP contribution >= 0.6 is 22.6 Å². The van der Waals surface area contributed by atoms with Gasteiger partial charge in [-0.2, -0.15) is 8.78 Å². The van der Waals surface area contributed by atoms with Crippen molar-refractivity contribution in [2.45, 2.75) is 32.8 Å². The Morgan fingerprint density at radius 1 is 1.35 bits per heavy atom. The molecule has 0 fully saturated rings. The van der Waals surface area contributed by atoms with Gasteiger partial charge in [0.25, 0.3) is 0 Å². The second-order valence-electron chi connectivity index (χ2n) is 3.97. The lowest BCUT2D eigenvalue weighted by Crippen LogP contribution is -2.32. The van der Waals surface area contributed by atoms with Gasteiger partial charge in [0, 0.05) is 6.54 Å². The van der Waals surface area contributed by atoms with Gasteiger partial charge in [0.1, 0.15) is 19.0 Å². The minimum absolute atomic E-state index is 0.170. The average molecular weight is 407 g/mol. The van der Waals surface area contributed by atoms with Gasteiger partial charge in [0.15, 0.2) is 5.82 Å². The zero-order valence-electron chi connectivity index (χ0n) is 10.9. The maximum Gasteiger partial charge on any atom is 0.330 e. The summed E-state index contributed by atoms with van der Waals surface area (Å²) in [5.41, 5.74) is 0.663. The zero-order chi connectivity index (χ0) is 15.3. The predicted molar refractivity (Wildman–Crippen MR) is 74.3 cm³/mol. The lowest BCUT2D eigenvalue weighted by atomic mass is 10.4. The van der Waals surface area contributed by atoms with Crippen LogP contribution in [0.15, 0.2) is 0 Å². The van der Waals surface area contributed by atoms with Crippen molar-refractivity contribution in [3.05, 3.63) is 15.1 Å². The standard InChI is InChI=1S/C11H14F4IN3O/c1-3-17-9-8(16)6(2)18-7(19-9)4-20-5-11(14,15)10(12)13/h10H,3-5H2,1-2H3,(H,17,18,19). The first-order valence-electron chi connectivity index (χ1n) is 5.78. The molecule has 4 nitrogen and oxygen atoms in total. The number of anilines is 1. The molecule has 0 saturated carbocycles. The van der Waals surface area contributed by atoms with E-state index in [1.54, 1.807) is 6.92 Å². The van der Waals surface area contributed by atoms with Crippen molar-refractivity contribution >= 4 is 28.4 Å². The molecule has 0 aromatic carbocycles. The van der Waals surface area contributed by atoms with E-state index >= 15 is 0 Å². The van der Waals surface area contributed by atoms with Crippen LogP contribution in [0.3, 0.4) is 0 Å². The van der Waals surface area contributed by atoms with Crippen LogP contribution in [0.2, 0.25) is 0 Å². The highest BCUT2D eigenvalue weighted by Crippen LogP contribution is 2.23. The molecule has 0 aliphatic carbocycles. The van der Waals surface area contributed by atoms with Gasteiger partial charge in [0.2, 0.25) is 0 Å². The van der Waals surface area contributed by atoms with Crippen molar-refractivity contribution in [3.63, 3.8) is 0 Å². The number of ether oxygens (including phenoxy) is 1. The lowest BCUT2D eigenvalue weighted by molar-refractivity contribution is -0.168. The topological polar surface area (TPSA) is 47.0 Å². The van der Waals surface area contributed by atoms with Gasteiger partial charge in [-0.15, -0.1) is 0 Å². The zero-order valence-corrected chi connectivity index (χ0v) is 13.0. The Morgan fingerprint density at radius 3 is 2.55 bits per heavy atom. The van der Waals surface area contributed by atoms with Crippen LogP contribution in [0.5, 0.6) is 0 Å². The van der Waals surface area contributed by atoms with E-state index in [1.807, 2.05) is 6.92 Å². The number of nitrogens with zero attached hydrogens (tertiary/aromatic N) is 2. The summed E-state index contributed by atoms with van der Waals surface area (Å²) in [6.45, 7) is 2.54. The summed E-state index contributed by atoms with van der Waals surface area (Å²) in [5, 5.41) is 3.00. The fourth-order valence-corrected chi connectivity index (χ4v) is 1.74. The quantitative estimate of drug-likeness (QED) is 0.557. The van der Waals surface area contributed by atoms with Crippen molar-refractivity contribution in [1.82, 2.24) is 9.97 Å². The highest BCUT2D eigenvalue weighted by molar-refractivity contribution is 14.1. The Hall–Kier alpha value is -0.710. The largest absolute Gasteiger partial charge is 0.369 e. The summed E-state index contributed by atoms with van der Waals surface area (Å²) in [6, 6.07) is 0. The van der Waals surface area contributed by atoms with Gasteiger partial charge in [-0.1, -0.05) is 0 Å². The van der Waals surface area contributed by atoms with Crippen LogP contribution in [-0.2, 0) is 11.3 Å². The molecule has 0 aliphatic heterocycles. The molecule has 0 unspecified atom stereocenters. The number of alkyl halides is 4. The molecule has 0 atom stereocenters. The fourth-order valence-electron chi connectivity index (χ4n) is 1.31. The Balaban J connectivity index is 2.69. The van der Waals surface area contributed by atoms with Crippen molar-refractivity contribution in [1.29, 1.82) is 0 Å². The van der Waals surface area contributed by atoms with Crippen LogP contribution in [0.25, 0.3) is 0 Å². The molecule has 0 bridgehead atoms. The van der Waals surface area contributed by atoms with E-state index in [4.69, 9.17) is 0 Å². The van der Waals surface area contributed by atoms with Gasteiger partial charge in [-0.3, -0.25) is 0 Å². The summed E-state index contributed by atoms with van der Waals surface area (Å²) in [4.78, 5) is 8.16. The molecular formula is C11H14F4IN3O. The van der Waals surface area contributed by atoms with Crippen molar-refractivity contribution in [2.75, 3.05) is 18.5 Å². The SMILES string of the molecule is CCNc1nc(COCC(F)(F)C(F)F)nc(C)c1I. The minimum Gasteiger partial charge on any atom is -0.369 e. The van der Waals surface area contributed by atoms with Gasteiger partial charge in [0.05, 0.1) is 9.26 Å². The monoisotopic (exact) mass is 407 g/mol. The number of hydrogen-bond donors (Lipinski definition) is 1. The van der Waals surface area contributed by atoms with Gasteiger partial charge >= 0.3 is 12.3 Å². The highest BCUT2D eigenvalue weighted by Gasteiger charge is 2.41. The third kappa shape index (κ3) is 4.69. The third-order valence-corrected chi connectivity index (χ3v) is 3.54. The van der Waals surface area contributed by atoms with Crippen LogP contribution in [0, 0.1) is 10.5 Å². The molecular weight excluding hydrogens is 393 g/mol. The molecule has 0 amide bonds. The number of aryl methyl sites for hydroxylation is 1. The van der Waals surface area contributed by atoms with E-state index in [1.165, 1.54) is 0 Å². The van der Waals surface area contributed by atoms with Crippen LogP contribution in [-0.4, -0.2) is 35.5 Å². The van der Waals surface area contributed by atoms with Gasteiger partial charge < -0.3 is 10.1 Å².